The van der Waals surface area contributed by atoms with E-state index in [1.165, 1.54) is 6.42 Å². The topological polar surface area (TPSA) is 45.4 Å². The van der Waals surface area contributed by atoms with Gasteiger partial charge in [0.05, 0.1) is 12.1 Å². The highest BCUT2D eigenvalue weighted by Crippen LogP contribution is 2.31. The second-order valence-corrected chi connectivity index (χ2v) is 3.47. The van der Waals surface area contributed by atoms with Crippen LogP contribution in [0.25, 0.3) is 0 Å². The summed E-state index contributed by atoms with van der Waals surface area (Å²) < 4.78 is 5.57. The maximum absolute atomic E-state index is 8.65. The van der Waals surface area contributed by atoms with Gasteiger partial charge in [0, 0.05) is 0 Å². The van der Waals surface area contributed by atoms with E-state index in [0.717, 1.165) is 12.8 Å². The largest absolute Gasteiger partial charge is 0.474 e. The first-order valence-corrected chi connectivity index (χ1v) is 4.45. The van der Waals surface area contributed by atoms with Crippen molar-refractivity contribution in [1.29, 1.82) is 5.26 Å². The van der Waals surface area contributed by atoms with Crippen molar-refractivity contribution in [3.8, 4) is 6.07 Å². The number of hydrogen-bond acceptors (Lipinski definition) is 3. The van der Waals surface area contributed by atoms with Crippen molar-refractivity contribution in [3.05, 3.63) is 0 Å². The maximum Gasteiger partial charge on any atom is 0.201 e. The smallest absolute Gasteiger partial charge is 0.201 e. The number of fused-ring (bicyclic) bond motifs is 1. The van der Waals surface area contributed by atoms with Gasteiger partial charge in [-0.25, -0.2) is 4.99 Å². The van der Waals surface area contributed by atoms with E-state index in [1.54, 1.807) is 0 Å². The molecule has 0 aromatic heterocycles. The Hall–Kier alpha value is -1.04. The Labute approximate surface area is 72.0 Å². The number of aliphatic imine (C=N–C) groups is 1. The summed E-state index contributed by atoms with van der Waals surface area (Å²) in [5, 5.41) is 8.65. The number of hydrogen-bond donors (Lipinski definition) is 0. The molecule has 12 heavy (non-hydrogen) atoms. The zero-order valence-corrected chi connectivity index (χ0v) is 7.16. The molecule has 0 spiro atoms. The summed E-state index contributed by atoms with van der Waals surface area (Å²) >= 11 is 0. The summed E-state index contributed by atoms with van der Waals surface area (Å²) in [6.07, 6.45) is 3.74. The molecule has 0 aromatic carbocycles. The molecule has 1 heterocycles. The third kappa shape index (κ3) is 1.08. The molecule has 0 aromatic rings. The Morgan fingerprint density at radius 1 is 1.67 bits per heavy atom. The lowest BCUT2D eigenvalue weighted by Crippen LogP contribution is -2.17. The average molecular weight is 164 g/mol. The second kappa shape index (κ2) is 2.78. The Balaban J connectivity index is 2.08. The predicted octanol–water partition coefficient (Wildman–Crippen LogP) is 1.50. The molecule has 0 N–H and O–H groups in total. The fraction of sp³-hybridized carbons (Fsp3) is 0.778. The monoisotopic (exact) mass is 164 g/mol. The average Bonchev–Trinajstić information content (AvgIpc) is 2.60. The number of ether oxygens (including phenoxy) is 1. The fourth-order valence-corrected chi connectivity index (χ4v) is 1.81. The molecular formula is C9H12N2O. The van der Waals surface area contributed by atoms with Crippen molar-refractivity contribution in [3.63, 3.8) is 0 Å². The van der Waals surface area contributed by atoms with Crippen LogP contribution in [0.3, 0.4) is 0 Å². The summed E-state index contributed by atoms with van der Waals surface area (Å²) in [6, 6.07) is 2.50. The van der Waals surface area contributed by atoms with E-state index >= 15 is 0 Å². The Bertz CT molecular complexity index is 254. The van der Waals surface area contributed by atoms with Gasteiger partial charge in [0.25, 0.3) is 0 Å². The lowest BCUT2D eigenvalue weighted by atomic mass is 10.2. The highest BCUT2D eigenvalue weighted by molar-refractivity contribution is 5.82. The Morgan fingerprint density at radius 3 is 3.17 bits per heavy atom. The Morgan fingerprint density at radius 2 is 2.50 bits per heavy atom. The van der Waals surface area contributed by atoms with E-state index in [9.17, 15) is 0 Å². The van der Waals surface area contributed by atoms with Gasteiger partial charge in [-0.2, -0.15) is 5.26 Å². The molecule has 1 aliphatic heterocycles. The first-order valence-electron chi connectivity index (χ1n) is 4.45. The highest BCUT2D eigenvalue weighted by Gasteiger charge is 2.36. The van der Waals surface area contributed by atoms with E-state index in [2.05, 4.69) is 11.1 Å². The van der Waals surface area contributed by atoms with Gasteiger partial charge < -0.3 is 4.74 Å². The van der Waals surface area contributed by atoms with Gasteiger partial charge in [-0.3, -0.25) is 0 Å². The van der Waals surface area contributed by atoms with Crippen LogP contribution >= 0.6 is 0 Å². The fourth-order valence-electron chi connectivity index (χ4n) is 1.81. The predicted molar refractivity (Wildman–Crippen MR) is 44.7 cm³/mol. The van der Waals surface area contributed by atoms with Gasteiger partial charge in [0.1, 0.15) is 12.0 Å². The lowest BCUT2D eigenvalue weighted by Gasteiger charge is -2.08. The molecular weight excluding hydrogens is 152 g/mol. The van der Waals surface area contributed by atoms with Crippen LogP contribution in [0.5, 0.6) is 0 Å². The number of nitriles is 1. The van der Waals surface area contributed by atoms with Crippen molar-refractivity contribution in [2.75, 3.05) is 0 Å². The molecule has 1 aliphatic carbocycles. The van der Waals surface area contributed by atoms with E-state index in [-0.39, 0.29) is 12.0 Å². The number of nitrogens with zero attached hydrogens (tertiary/aromatic N) is 2. The van der Waals surface area contributed by atoms with Gasteiger partial charge in [-0.1, -0.05) is 0 Å². The normalized spacial score (nSPS) is 34.8. The van der Waals surface area contributed by atoms with Gasteiger partial charge >= 0.3 is 0 Å². The van der Waals surface area contributed by atoms with Crippen LogP contribution in [0.15, 0.2) is 4.99 Å². The molecule has 0 saturated heterocycles. The van der Waals surface area contributed by atoms with Crippen molar-refractivity contribution in [2.45, 2.75) is 38.3 Å². The second-order valence-electron chi connectivity index (χ2n) is 3.47. The lowest BCUT2D eigenvalue weighted by molar-refractivity contribution is 0.203. The van der Waals surface area contributed by atoms with Crippen LogP contribution in [-0.2, 0) is 4.74 Å². The number of rotatable bonds is 1. The van der Waals surface area contributed by atoms with Crippen LogP contribution in [0.2, 0.25) is 0 Å². The zero-order chi connectivity index (χ0) is 8.55. The molecule has 3 nitrogen and oxygen atoms in total. The third-order valence-corrected chi connectivity index (χ3v) is 2.55. The van der Waals surface area contributed by atoms with E-state index in [4.69, 9.17) is 10.00 Å². The van der Waals surface area contributed by atoms with Crippen LogP contribution in [-0.4, -0.2) is 18.0 Å². The molecule has 3 unspecified atom stereocenters. The SMILES string of the molecule is CC(C#N)C1=NC2CCCC2O1. The van der Waals surface area contributed by atoms with Gasteiger partial charge in [-0.05, 0) is 26.2 Å². The minimum absolute atomic E-state index is 0.171. The van der Waals surface area contributed by atoms with Gasteiger partial charge in [-0.15, -0.1) is 0 Å². The minimum Gasteiger partial charge on any atom is -0.474 e. The molecule has 0 radical (unpaired) electrons. The molecule has 0 bridgehead atoms. The summed E-state index contributed by atoms with van der Waals surface area (Å²) in [7, 11) is 0. The van der Waals surface area contributed by atoms with Gasteiger partial charge in [0.15, 0.2) is 0 Å². The van der Waals surface area contributed by atoms with Crippen LogP contribution in [0.4, 0.5) is 0 Å². The first kappa shape index (κ1) is 7.60. The summed E-state index contributed by atoms with van der Waals surface area (Å²) in [5.74, 6) is 0.489. The maximum atomic E-state index is 8.65. The first-order chi connectivity index (χ1) is 5.81. The van der Waals surface area contributed by atoms with Crippen LogP contribution < -0.4 is 0 Å². The molecule has 1 saturated carbocycles. The Kier molecular flexibility index (Phi) is 1.76. The summed E-state index contributed by atoms with van der Waals surface area (Å²) in [5.41, 5.74) is 0. The molecule has 64 valence electrons. The van der Waals surface area contributed by atoms with E-state index in [1.807, 2.05) is 6.92 Å². The van der Waals surface area contributed by atoms with Crippen molar-refractivity contribution in [2.24, 2.45) is 10.9 Å². The third-order valence-electron chi connectivity index (χ3n) is 2.55. The quantitative estimate of drug-likeness (QED) is 0.589. The van der Waals surface area contributed by atoms with Crippen molar-refractivity contribution in [1.82, 2.24) is 0 Å². The summed E-state index contributed by atoms with van der Waals surface area (Å²) in [4.78, 5) is 4.39. The molecule has 3 heteroatoms. The molecule has 0 amide bonds. The minimum atomic E-state index is -0.171. The van der Waals surface area contributed by atoms with Crippen LogP contribution in [0.1, 0.15) is 26.2 Å². The van der Waals surface area contributed by atoms with E-state index in [0.29, 0.717) is 11.9 Å². The zero-order valence-electron chi connectivity index (χ0n) is 7.16. The molecule has 1 fully saturated rings. The molecule has 2 aliphatic rings. The van der Waals surface area contributed by atoms with E-state index < -0.39 is 0 Å². The van der Waals surface area contributed by atoms with Crippen LogP contribution in [0, 0.1) is 17.2 Å². The highest BCUT2D eigenvalue weighted by atomic mass is 16.5. The molecule has 2 rings (SSSR count). The summed E-state index contributed by atoms with van der Waals surface area (Å²) in [6.45, 7) is 1.83. The molecule has 3 atom stereocenters. The van der Waals surface area contributed by atoms with Crippen molar-refractivity contribution < 1.29 is 4.74 Å². The standard InChI is InChI=1S/C9H12N2O/c1-6(5-10)9-11-7-3-2-4-8(7)12-9/h6-8H,2-4H2,1H3. The van der Waals surface area contributed by atoms with Gasteiger partial charge in [0.2, 0.25) is 5.90 Å². The van der Waals surface area contributed by atoms with Crippen molar-refractivity contribution >= 4 is 5.90 Å².